The van der Waals surface area contributed by atoms with Crippen molar-refractivity contribution in [2.45, 2.75) is 41.2 Å². The van der Waals surface area contributed by atoms with Gasteiger partial charge in [-0.3, -0.25) is 0 Å². The molecule has 1 aromatic carbocycles. The zero-order chi connectivity index (χ0) is 20.3. The lowest BCUT2D eigenvalue weighted by Crippen LogP contribution is -2.08. The number of hydrogen-bond donors (Lipinski definition) is 1. The molecule has 28 heavy (non-hydrogen) atoms. The fourth-order valence-electron chi connectivity index (χ4n) is 3.18. The second-order valence-electron chi connectivity index (χ2n) is 7.20. The third-order valence-electron chi connectivity index (χ3n) is 4.55. The Kier molecular flexibility index (Phi) is 6.14. The van der Waals surface area contributed by atoms with Crippen LogP contribution in [0.1, 0.15) is 37.7 Å². The molecule has 2 aromatic heterocycles. The summed E-state index contributed by atoms with van der Waals surface area (Å²) in [6, 6.07) is 9.91. The largest absolute Gasteiger partial charge is 0.494 e. The van der Waals surface area contributed by atoms with E-state index in [1.165, 1.54) is 11.4 Å². The number of nitrogens with zero attached hydrogens (tertiary/aromatic N) is 4. The van der Waals surface area contributed by atoms with Crippen molar-refractivity contribution in [3.05, 3.63) is 52.1 Å². The highest BCUT2D eigenvalue weighted by atomic mass is 32.1. The summed E-state index contributed by atoms with van der Waals surface area (Å²) >= 11 is 5.38. The molecule has 0 saturated carbocycles. The first kappa shape index (κ1) is 20.1. The first-order chi connectivity index (χ1) is 13.4. The highest BCUT2D eigenvalue weighted by molar-refractivity contribution is 7.71. The van der Waals surface area contributed by atoms with Crippen molar-refractivity contribution in [2.75, 3.05) is 6.61 Å². The average molecular weight is 398 g/mol. The molecule has 0 spiro atoms. The number of hydrogen-bond acceptors (Lipinski definition) is 4. The van der Waals surface area contributed by atoms with Gasteiger partial charge in [-0.2, -0.15) is 14.9 Å². The van der Waals surface area contributed by atoms with Crippen molar-refractivity contribution >= 4 is 18.4 Å². The molecule has 2 heterocycles. The molecule has 6 nitrogen and oxygen atoms in total. The van der Waals surface area contributed by atoms with Crippen LogP contribution in [0.15, 0.2) is 35.4 Å². The van der Waals surface area contributed by atoms with Crippen LogP contribution in [0, 0.1) is 24.5 Å². The van der Waals surface area contributed by atoms with Gasteiger partial charge >= 0.3 is 0 Å². The normalized spacial score (nSPS) is 11.6. The van der Waals surface area contributed by atoms with Crippen LogP contribution in [0.2, 0.25) is 0 Å². The van der Waals surface area contributed by atoms with Crippen molar-refractivity contribution in [3.8, 4) is 17.1 Å². The Hall–Kier alpha value is -2.67. The summed E-state index contributed by atoms with van der Waals surface area (Å²) in [4.78, 5) is 0. The first-order valence-electron chi connectivity index (χ1n) is 9.52. The van der Waals surface area contributed by atoms with Gasteiger partial charge in [0.2, 0.25) is 4.77 Å². The van der Waals surface area contributed by atoms with E-state index in [1.54, 1.807) is 4.68 Å². The molecule has 3 rings (SSSR count). The fourth-order valence-corrected chi connectivity index (χ4v) is 3.36. The Bertz CT molecular complexity index is 1020. The van der Waals surface area contributed by atoms with E-state index in [1.807, 2.05) is 37.4 Å². The summed E-state index contributed by atoms with van der Waals surface area (Å²) in [6.45, 7) is 12.3. The minimum absolute atomic E-state index is 0.455. The van der Waals surface area contributed by atoms with Gasteiger partial charge in [-0.25, -0.2) is 5.10 Å². The quantitative estimate of drug-likeness (QED) is 0.453. The Morgan fingerprint density at radius 3 is 2.61 bits per heavy atom. The topological polar surface area (TPSA) is 60.1 Å². The molecule has 0 saturated heterocycles. The highest BCUT2D eigenvalue weighted by Crippen LogP contribution is 2.21. The second kappa shape index (κ2) is 8.56. The van der Waals surface area contributed by atoms with Crippen molar-refractivity contribution in [3.63, 3.8) is 0 Å². The van der Waals surface area contributed by atoms with Gasteiger partial charge in [0.15, 0.2) is 5.82 Å². The van der Waals surface area contributed by atoms with Gasteiger partial charge in [-0.15, -0.1) is 0 Å². The van der Waals surface area contributed by atoms with Crippen molar-refractivity contribution < 1.29 is 4.74 Å². The Morgan fingerprint density at radius 1 is 1.25 bits per heavy atom. The van der Waals surface area contributed by atoms with E-state index in [0.29, 0.717) is 23.1 Å². The molecule has 1 N–H and O–H groups in total. The molecule has 0 aliphatic heterocycles. The molecule has 148 valence electrons. The average Bonchev–Trinajstić information content (AvgIpc) is 3.15. The molecular weight excluding hydrogens is 370 g/mol. The molecule has 7 heteroatoms. The number of nitrogens with one attached hydrogen (secondary N) is 1. The van der Waals surface area contributed by atoms with Gasteiger partial charge in [-0.1, -0.05) is 13.8 Å². The van der Waals surface area contributed by atoms with Gasteiger partial charge in [0.1, 0.15) is 5.75 Å². The lowest BCUT2D eigenvalue weighted by molar-refractivity contribution is 0.340. The van der Waals surface area contributed by atoms with E-state index < -0.39 is 0 Å². The summed E-state index contributed by atoms with van der Waals surface area (Å²) in [5, 5.41) is 11.8. The maximum atomic E-state index is 5.50. The van der Waals surface area contributed by atoms with Crippen LogP contribution in [0.25, 0.3) is 11.4 Å². The van der Waals surface area contributed by atoms with E-state index in [0.717, 1.165) is 23.4 Å². The lowest BCUT2D eigenvalue weighted by atomic mass is 10.2. The molecule has 0 amide bonds. The van der Waals surface area contributed by atoms with Crippen LogP contribution in [0.4, 0.5) is 0 Å². The molecule has 3 aromatic rings. The number of aromatic nitrogens is 4. The molecule has 0 bridgehead atoms. The van der Waals surface area contributed by atoms with Gasteiger partial charge in [0, 0.05) is 29.1 Å². The van der Waals surface area contributed by atoms with Crippen LogP contribution in [-0.2, 0) is 6.54 Å². The van der Waals surface area contributed by atoms with E-state index in [9.17, 15) is 0 Å². The lowest BCUT2D eigenvalue weighted by Gasteiger charge is -2.11. The van der Waals surface area contributed by atoms with Crippen LogP contribution < -0.4 is 4.74 Å². The monoisotopic (exact) mass is 397 g/mol. The summed E-state index contributed by atoms with van der Waals surface area (Å²) in [7, 11) is 0. The number of H-pyrrole nitrogens is 1. The van der Waals surface area contributed by atoms with E-state index >= 15 is 0 Å². The fraction of sp³-hybridized carbons (Fsp3) is 0.381. The third kappa shape index (κ3) is 4.25. The number of benzene rings is 1. The molecule has 0 aliphatic rings. The number of aryl methyl sites for hydroxylation is 1. The second-order valence-corrected chi connectivity index (χ2v) is 7.58. The summed E-state index contributed by atoms with van der Waals surface area (Å²) < 4.78 is 9.94. The maximum Gasteiger partial charge on any atom is 0.216 e. The van der Waals surface area contributed by atoms with Crippen LogP contribution >= 0.6 is 12.2 Å². The Morgan fingerprint density at radius 2 is 1.96 bits per heavy atom. The smallest absolute Gasteiger partial charge is 0.216 e. The molecular formula is C21H27N5OS. The van der Waals surface area contributed by atoms with E-state index in [-0.39, 0.29) is 0 Å². The van der Waals surface area contributed by atoms with Crippen LogP contribution in [0.5, 0.6) is 5.75 Å². The zero-order valence-electron chi connectivity index (χ0n) is 17.1. The number of aromatic amines is 1. The number of ether oxygens (including phenoxy) is 1. The standard InChI is InChI=1S/C21H27N5OS/c1-6-27-19-9-7-17(8-10-19)20-23-24-21(28)26(20)22-12-18-11-15(4)25(16(18)5)13-14(2)3/h7-12,14H,6,13H2,1-5H3,(H,24,28)/b22-12-. The minimum atomic E-state index is 0.455. The predicted octanol–water partition coefficient (Wildman–Crippen LogP) is 4.96. The minimum Gasteiger partial charge on any atom is -0.494 e. The van der Waals surface area contributed by atoms with Gasteiger partial charge in [-0.05, 0) is 69.2 Å². The van der Waals surface area contributed by atoms with Gasteiger partial charge in [0.05, 0.1) is 12.8 Å². The van der Waals surface area contributed by atoms with Gasteiger partial charge in [0.25, 0.3) is 0 Å². The number of rotatable bonds is 7. The SMILES string of the molecule is CCOc1ccc(-c2n[nH]c(=S)n2/N=C\c2cc(C)n(CC(C)C)c2C)cc1. The van der Waals surface area contributed by atoms with E-state index in [2.05, 4.69) is 53.6 Å². The maximum absolute atomic E-state index is 5.50. The summed E-state index contributed by atoms with van der Waals surface area (Å²) in [6.07, 6.45) is 1.85. The Labute approximate surface area is 170 Å². The third-order valence-corrected chi connectivity index (χ3v) is 4.81. The van der Waals surface area contributed by atoms with Crippen LogP contribution in [-0.4, -0.2) is 32.3 Å². The molecule has 0 unspecified atom stereocenters. The van der Waals surface area contributed by atoms with Crippen molar-refractivity contribution in [1.29, 1.82) is 0 Å². The summed E-state index contributed by atoms with van der Waals surface area (Å²) in [5.74, 6) is 2.08. The van der Waals surface area contributed by atoms with Crippen molar-refractivity contribution in [1.82, 2.24) is 19.4 Å². The Balaban J connectivity index is 1.92. The summed E-state index contributed by atoms with van der Waals surface area (Å²) in [5.41, 5.74) is 4.43. The van der Waals surface area contributed by atoms with Crippen LogP contribution in [0.3, 0.4) is 0 Å². The van der Waals surface area contributed by atoms with Gasteiger partial charge < -0.3 is 9.30 Å². The van der Waals surface area contributed by atoms with Crippen molar-refractivity contribution in [2.24, 2.45) is 11.0 Å². The van der Waals surface area contributed by atoms with E-state index in [4.69, 9.17) is 17.0 Å². The zero-order valence-corrected chi connectivity index (χ0v) is 17.9. The molecule has 0 aliphatic carbocycles. The molecule has 0 atom stereocenters. The predicted molar refractivity (Wildman–Crippen MR) is 116 cm³/mol. The first-order valence-corrected chi connectivity index (χ1v) is 9.93. The highest BCUT2D eigenvalue weighted by Gasteiger charge is 2.11. The molecule has 0 fully saturated rings. The molecule has 0 radical (unpaired) electrons.